The van der Waals surface area contributed by atoms with Gasteiger partial charge in [0, 0.05) is 16.3 Å². The summed E-state index contributed by atoms with van der Waals surface area (Å²) in [5.41, 5.74) is 0.765. The molecule has 0 spiro atoms. The Morgan fingerprint density at radius 2 is 2.10 bits per heavy atom. The molecular formula is C11H12N2O4S3. The molecule has 2 N–H and O–H groups in total. The first-order chi connectivity index (χ1) is 9.44. The van der Waals surface area contributed by atoms with Gasteiger partial charge in [-0.05, 0) is 18.6 Å². The van der Waals surface area contributed by atoms with Crippen molar-refractivity contribution < 1.29 is 18.3 Å². The van der Waals surface area contributed by atoms with Crippen molar-refractivity contribution >= 4 is 38.7 Å². The summed E-state index contributed by atoms with van der Waals surface area (Å²) in [5.74, 6) is -1.35. The smallest absolute Gasteiger partial charge is 0.356 e. The summed E-state index contributed by atoms with van der Waals surface area (Å²) >= 11 is 2.32. The summed E-state index contributed by atoms with van der Waals surface area (Å²) in [6.07, 6.45) is 0.898. The maximum Gasteiger partial charge on any atom is 0.356 e. The van der Waals surface area contributed by atoms with Crippen LogP contribution in [0.1, 0.15) is 27.2 Å². The quantitative estimate of drug-likeness (QED) is 0.843. The number of aromatic nitrogens is 1. The Hall–Kier alpha value is -1.29. The van der Waals surface area contributed by atoms with Crippen LogP contribution in [0.4, 0.5) is 0 Å². The molecule has 2 aromatic heterocycles. The molecule has 0 fully saturated rings. The zero-order valence-electron chi connectivity index (χ0n) is 10.5. The van der Waals surface area contributed by atoms with Crippen molar-refractivity contribution in [3.05, 3.63) is 33.1 Å². The maximum absolute atomic E-state index is 12.1. The number of thiazole rings is 1. The van der Waals surface area contributed by atoms with Crippen LogP contribution >= 0.6 is 22.7 Å². The molecule has 108 valence electrons. The van der Waals surface area contributed by atoms with Gasteiger partial charge in [-0.25, -0.2) is 22.9 Å². The van der Waals surface area contributed by atoms with Crippen LogP contribution < -0.4 is 4.72 Å². The molecule has 0 aromatic carbocycles. The fourth-order valence-corrected chi connectivity index (χ4v) is 4.69. The van der Waals surface area contributed by atoms with Gasteiger partial charge in [0.25, 0.3) is 10.0 Å². The third-order valence-electron chi connectivity index (χ3n) is 2.48. The van der Waals surface area contributed by atoms with Crippen LogP contribution in [-0.4, -0.2) is 24.5 Å². The number of rotatable bonds is 6. The summed E-state index contributed by atoms with van der Waals surface area (Å²) in [4.78, 5) is 16.5. The molecule has 0 aliphatic heterocycles. The van der Waals surface area contributed by atoms with Gasteiger partial charge in [0.2, 0.25) is 0 Å². The van der Waals surface area contributed by atoms with Crippen LogP contribution in [0.5, 0.6) is 0 Å². The van der Waals surface area contributed by atoms with E-state index in [-0.39, 0.29) is 10.8 Å². The van der Waals surface area contributed by atoms with E-state index in [0.29, 0.717) is 0 Å². The monoisotopic (exact) mass is 332 g/mol. The van der Waals surface area contributed by atoms with Gasteiger partial charge in [0.1, 0.15) is 0 Å². The molecule has 0 radical (unpaired) electrons. The van der Waals surface area contributed by atoms with Gasteiger partial charge in [-0.3, -0.25) is 0 Å². The molecule has 0 aliphatic carbocycles. The SMILES string of the molecule is CCc1ccc(CNS(=O)(=O)c2scnc2C(=O)O)s1. The minimum absolute atomic E-state index is 0.143. The average molecular weight is 332 g/mol. The van der Waals surface area contributed by atoms with E-state index in [2.05, 4.69) is 9.71 Å². The lowest BCUT2D eigenvalue weighted by Gasteiger charge is -2.03. The van der Waals surface area contributed by atoms with E-state index < -0.39 is 21.7 Å². The van der Waals surface area contributed by atoms with E-state index in [1.807, 2.05) is 19.1 Å². The van der Waals surface area contributed by atoms with Crippen molar-refractivity contribution in [3.63, 3.8) is 0 Å². The second kappa shape index (κ2) is 6.00. The summed E-state index contributed by atoms with van der Waals surface area (Å²) in [7, 11) is -3.86. The number of nitrogens with zero attached hydrogens (tertiary/aromatic N) is 1. The second-order valence-electron chi connectivity index (χ2n) is 3.84. The maximum atomic E-state index is 12.1. The van der Waals surface area contributed by atoms with Gasteiger partial charge >= 0.3 is 5.97 Å². The van der Waals surface area contributed by atoms with Gasteiger partial charge in [-0.15, -0.1) is 22.7 Å². The molecule has 9 heteroatoms. The standard InChI is InChI=1S/C11H12N2O4S3/c1-2-7-3-4-8(19-7)5-13-20(16,17)11-9(10(14)15)12-6-18-11/h3-4,6,13H,2,5H2,1H3,(H,14,15). The Morgan fingerprint density at radius 3 is 2.70 bits per heavy atom. The lowest BCUT2D eigenvalue weighted by molar-refractivity contribution is 0.0687. The molecule has 0 aliphatic rings. The summed E-state index contributed by atoms with van der Waals surface area (Å²) in [6.45, 7) is 2.17. The third kappa shape index (κ3) is 3.23. The highest BCUT2D eigenvalue weighted by atomic mass is 32.2. The lowest BCUT2D eigenvalue weighted by atomic mass is 10.4. The summed E-state index contributed by atoms with van der Waals surface area (Å²) < 4.78 is 26.3. The number of carboxylic acids is 1. The summed E-state index contributed by atoms with van der Waals surface area (Å²) in [6, 6.07) is 3.81. The predicted octanol–water partition coefficient (Wildman–Crippen LogP) is 1.94. The average Bonchev–Trinajstić information content (AvgIpc) is 3.05. The first-order valence-corrected chi connectivity index (χ1v) is 8.86. The fourth-order valence-electron chi connectivity index (χ4n) is 1.51. The lowest BCUT2D eigenvalue weighted by Crippen LogP contribution is -2.23. The van der Waals surface area contributed by atoms with Crippen molar-refractivity contribution in [2.75, 3.05) is 0 Å². The van der Waals surface area contributed by atoms with Crippen LogP contribution in [0.15, 0.2) is 21.9 Å². The van der Waals surface area contributed by atoms with Crippen molar-refractivity contribution in [2.45, 2.75) is 24.1 Å². The van der Waals surface area contributed by atoms with E-state index in [9.17, 15) is 13.2 Å². The van der Waals surface area contributed by atoms with Gasteiger partial charge in [-0.2, -0.15) is 0 Å². The molecule has 2 aromatic rings. The van der Waals surface area contributed by atoms with Gasteiger partial charge in [0.15, 0.2) is 9.90 Å². The highest BCUT2D eigenvalue weighted by Crippen LogP contribution is 2.21. The molecule has 0 atom stereocenters. The molecule has 2 rings (SSSR count). The summed E-state index contributed by atoms with van der Waals surface area (Å²) in [5, 5.41) is 8.89. The Labute approximate surface area is 124 Å². The van der Waals surface area contributed by atoms with E-state index in [1.54, 1.807) is 0 Å². The molecule has 0 bridgehead atoms. The Bertz CT molecular complexity index is 718. The predicted molar refractivity (Wildman–Crippen MR) is 76.8 cm³/mol. The van der Waals surface area contributed by atoms with Crippen LogP contribution in [0.2, 0.25) is 0 Å². The normalized spacial score (nSPS) is 11.7. The van der Waals surface area contributed by atoms with Crippen LogP contribution in [0.3, 0.4) is 0 Å². The number of sulfonamides is 1. The van der Waals surface area contributed by atoms with E-state index in [1.165, 1.54) is 21.7 Å². The number of hydrogen-bond acceptors (Lipinski definition) is 6. The van der Waals surface area contributed by atoms with Crippen molar-refractivity contribution in [1.82, 2.24) is 9.71 Å². The van der Waals surface area contributed by atoms with Gasteiger partial charge < -0.3 is 5.11 Å². The van der Waals surface area contributed by atoms with Crippen molar-refractivity contribution in [3.8, 4) is 0 Å². The zero-order valence-corrected chi connectivity index (χ0v) is 12.9. The highest BCUT2D eigenvalue weighted by Gasteiger charge is 2.25. The number of hydrogen-bond donors (Lipinski definition) is 2. The first kappa shape index (κ1) is 15.1. The molecule has 0 saturated carbocycles. The molecular weight excluding hydrogens is 320 g/mol. The largest absolute Gasteiger partial charge is 0.476 e. The number of carboxylic acid groups (broad SMARTS) is 1. The van der Waals surface area contributed by atoms with E-state index in [0.717, 1.165) is 22.6 Å². The second-order valence-corrected chi connectivity index (χ2v) is 7.91. The minimum atomic E-state index is -3.86. The Kier molecular flexibility index (Phi) is 4.53. The number of thiophene rings is 1. The van der Waals surface area contributed by atoms with E-state index >= 15 is 0 Å². The molecule has 0 amide bonds. The minimum Gasteiger partial charge on any atom is -0.476 e. The first-order valence-electron chi connectivity index (χ1n) is 5.68. The van der Waals surface area contributed by atoms with Gasteiger partial charge in [-0.1, -0.05) is 6.92 Å². The molecule has 0 unspecified atom stereocenters. The number of carbonyl (C=O) groups is 1. The third-order valence-corrected chi connectivity index (χ3v) is 6.48. The van der Waals surface area contributed by atoms with Gasteiger partial charge in [0.05, 0.1) is 5.51 Å². The molecule has 20 heavy (non-hydrogen) atoms. The van der Waals surface area contributed by atoms with Crippen molar-refractivity contribution in [2.24, 2.45) is 0 Å². The Morgan fingerprint density at radius 1 is 1.40 bits per heavy atom. The number of nitrogens with one attached hydrogen (secondary N) is 1. The Balaban J connectivity index is 2.15. The number of aryl methyl sites for hydroxylation is 1. The molecule has 0 saturated heterocycles. The molecule has 2 heterocycles. The topological polar surface area (TPSA) is 96.4 Å². The zero-order chi connectivity index (χ0) is 14.8. The molecule has 6 nitrogen and oxygen atoms in total. The van der Waals surface area contributed by atoms with Crippen LogP contribution in [0, 0.1) is 0 Å². The number of aromatic carboxylic acids is 1. The fraction of sp³-hybridized carbons (Fsp3) is 0.273. The van der Waals surface area contributed by atoms with Crippen molar-refractivity contribution in [1.29, 1.82) is 0 Å². The van der Waals surface area contributed by atoms with Crippen LogP contribution in [-0.2, 0) is 23.0 Å². The highest BCUT2D eigenvalue weighted by molar-refractivity contribution is 7.91. The van der Waals surface area contributed by atoms with E-state index in [4.69, 9.17) is 5.11 Å². The van der Waals surface area contributed by atoms with Crippen LogP contribution in [0.25, 0.3) is 0 Å².